The number of fused-ring (bicyclic) bond motifs is 1. The molecular formula is C14H19N3O2. The van der Waals surface area contributed by atoms with Crippen molar-refractivity contribution in [3.05, 3.63) is 35.8 Å². The van der Waals surface area contributed by atoms with Gasteiger partial charge in [0, 0.05) is 18.9 Å². The monoisotopic (exact) mass is 261 g/mol. The molecule has 5 heteroatoms. The number of nitrogens with zero attached hydrogens (tertiary/aromatic N) is 2. The second-order valence-corrected chi connectivity index (χ2v) is 4.71. The average molecular weight is 261 g/mol. The van der Waals surface area contributed by atoms with E-state index in [1.807, 2.05) is 42.8 Å². The fraction of sp³-hybridized carbons (Fsp3) is 0.429. The average Bonchev–Trinajstić information content (AvgIpc) is 2.78. The lowest BCUT2D eigenvalue weighted by Crippen LogP contribution is -2.36. The first-order valence-corrected chi connectivity index (χ1v) is 6.51. The number of carboxylic acids is 1. The summed E-state index contributed by atoms with van der Waals surface area (Å²) in [4.78, 5) is 15.6. The summed E-state index contributed by atoms with van der Waals surface area (Å²) >= 11 is 0. The van der Waals surface area contributed by atoms with E-state index in [4.69, 9.17) is 5.11 Å². The molecule has 2 heterocycles. The SMILES string of the molecule is CCCC(NCc1cn2cccc(C)c2n1)C(=O)O. The van der Waals surface area contributed by atoms with Crippen molar-refractivity contribution in [1.82, 2.24) is 14.7 Å². The minimum atomic E-state index is -0.804. The molecule has 0 amide bonds. The molecule has 1 atom stereocenters. The van der Waals surface area contributed by atoms with Gasteiger partial charge in [0.15, 0.2) is 0 Å². The molecule has 0 aliphatic carbocycles. The largest absolute Gasteiger partial charge is 0.480 e. The zero-order valence-corrected chi connectivity index (χ0v) is 11.3. The maximum atomic E-state index is 11.0. The van der Waals surface area contributed by atoms with Gasteiger partial charge in [-0.1, -0.05) is 19.4 Å². The second-order valence-electron chi connectivity index (χ2n) is 4.71. The van der Waals surface area contributed by atoms with Crippen molar-refractivity contribution in [3.8, 4) is 0 Å². The van der Waals surface area contributed by atoms with Gasteiger partial charge in [-0.25, -0.2) is 4.98 Å². The van der Waals surface area contributed by atoms with Crippen LogP contribution in [-0.2, 0) is 11.3 Å². The first-order valence-electron chi connectivity index (χ1n) is 6.51. The van der Waals surface area contributed by atoms with Gasteiger partial charge in [-0.05, 0) is 25.0 Å². The fourth-order valence-corrected chi connectivity index (χ4v) is 2.12. The highest BCUT2D eigenvalue weighted by Gasteiger charge is 2.15. The molecule has 0 aliphatic rings. The fourth-order valence-electron chi connectivity index (χ4n) is 2.12. The number of imidazole rings is 1. The van der Waals surface area contributed by atoms with Crippen LogP contribution >= 0.6 is 0 Å². The zero-order valence-electron chi connectivity index (χ0n) is 11.3. The van der Waals surface area contributed by atoms with Gasteiger partial charge in [0.05, 0.1) is 5.69 Å². The van der Waals surface area contributed by atoms with Crippen LogP contribution in [-0.4, -0.2) is 26.5 Å². The van der Waals surface area contributed by atoms with Crippen LogP contribution in [0.5, 0.6) is 0 Å². The van der Waals surface area contributed by atoms with Gasteiger partial charge >= 0.3 is 5.97 Å². The number of hydrogen-bond acceptors (Lipinski definition) is 3. The standard InChI is InChI=1S/C14H19N3O2/c1-3-5-12(14(18)19)15-8-11-9-17-7-4-6-10(2)13(17)16-11/h4,6-7,9,12,15H,3,5,8H2,1-2H3,(H,18,19). The Labute approximate surface area is 112 Å². The van der Waals surface area contributed by atoms with Crippen LogP contribution in [0.25, 0.3) is 5.65 Å². The molecule has 0 spiro atoms. The summed E-state index contributed by atoms with van der Waals surface area (Å²) in [7, 11) is 0. The molecule has 1 unspecified atom stereocenters. The Hall–Kier alpha value is -1.88. The zero-order chi connectivity index (χ0) is 13.8. The molecule has 0 aromatic carbocycles. The van der Waals surface area contributed by atoms with Crippen molar-refractivity contribution in [1.29, 1.82) is 0 Å². The second kappa shape index (κ2) is 5.84. The van der Waals surface area contributed by atoms with Gasteiger partial charge in [-0.2, -0.15) is 0 Å². The molecule has 0 aliphatic heterocycles. The van der Waals surface area contributed by atoms with E-state index in [0.29, 0.717) is 13.0 Å². The van der Waals surface area contributed by atoms with Crippen LogP contribution in [0.4, 0.5) is 0 Å². The molecular weight excluding hydrogens is 242 g/mol. The number of aliphatic carboxylic acids is 1. The lowest BCUT2D eigenvalue weighted by molar-refractivity contribution is -0.139. The molecule has 102 valence electrons. The Morgan fingerprint density at radius 1 is 1.58 bits per heavy atom. The predicted molar refractivity (Wildman–Crippen MR) is 73.1 cm³/mol. The Kier molecular flexibility index (Phi) is 4.16. The number of rotatable bonds is 6. The molecule has 2 aromatic rings. The number of aryl methyl sites for hydroxylation is 1. The van der Waals surface area contributed by atoms with Crippen molar-refractivity contribution in [3.63, 3.8) is 0 Å². The predicted octanol–water partition coefficient (Wildman–Crippen LogP) is 1.99. The first kappa shape index (κ1) is 13.5. The normalized spacial score (nSPS) is 12.7. The molecule has 2 aromatic heterocycles. The quantitative estimate of drug-likeness (QED) is 0.834. The maximum absolute atomic E-state index is 11.0. The maximum Gasteiger partial charge on any atom is 0.320 e. The summed E-state index contributed by atoms with van der Waals surface area (Å²) in [5.74, 6) is -0.804. The minimum absolute atomic E-state index is 0.470. The highest BCUT2D eigenvalue weighted by atomic mass is 16.4. The van der Waals surface area contributed by atoms with Crippen molar-refractivity contribution in [2.75, 3.05) is 0 Å². The number of nitrogens with one attached hydrogen (secondary N) is 1. The molecule has 2 rings (SSSR count). The van der Waals surface area contributed by atoms with Crippen molar-refractivity contribution in [2.24, 2.45) is 0 Å². The highest BCUT2D eigenvalue weighted by molar-refractivity contribution is 5.73. The van der Waals surface area contributed by atoms with Gasteiger partial charge in [-0.3, -0.25) is 10.1 Å². The van der Waals surface area contributed by atoms with E-state index in [1.165, 1.54) is 0 Å². The molecule has 2 N–H and O–H groups in total. The Bertz CT molecular complexity index is 577. The van der Waals surface area contributed by atoms with Crippen molar-refractivity contribution in [2.45, 2.75) is 39.3 Å². The topological polar surface area (TPSA) is 66.6 Å². The van der Waals surface area contributed by atoms with Gasteiger partial charge in [0.25, 0.3) is 0 Å². The number of carboxylic acid groups (broad SMARTS) is 1. The Morgan fingerprint density at radius 2 is 2.37 bits per heavy atom. The number of pyridine rings is 1. The highest BCUT2D eigenvalue weighted by Crippen LogP contribution is 2.10. The third-order valence-electron chi connectivity index (χ3n) is 3.13. The summed E-state index contributed by atoms with van der Waals surface area (Å²) in [5, 5.41) is 12.1. The molecule has 0 saturated carbocycles. The van der Waals surface area contributed by atoms with Gasteiger partial charge < -0.3 is 9.51 Å². The van der Waals surface area contributed by atoms with Crippen LogP contribution in [0.15, 0.2) is 24.5 Å². The Morgan fingerprint density at radius 3 is 3.00 bits per heavy atom. The van der Waals surface area contributed by atoms with Crippen molar-refractivity contribution < 1.29 is 9.90 Å². The molecule has 0 saturated heterocycles. The molecule has 0 fully saturated rings. The van der Waals surface area contributed by atoms with E-state index in [1.54, 1.807) is 0 Å². The van der Waals surface area contributed by atoms with E-state index in [-0.39, 0.29) is 0 Å². The summed E-state index contributed by atoms with van der Waals surface area (Å²) in [6.45, 7) is 4.46. The van der Waals surface area contributed by atoms with E-state index >= 15 is 0 Å². The first-order chi connectivity index (χ1) is 9.11. The lowest BCUT2D eigenvalue weighted by atomic mass is 10.1. The molecule has 0 radical (unpaired) electrons. The van der Waals surface area contributed by atoms with Crippen LogP contribution in [0.3, 0.4) is 0 Å². The molecule has 5 nitrogen and oxygen atoms in total. The van der Waals surface area contributed by atoms with E-state index in [2.05, 4.69) is 10.3 Å². The van der Waals surface area contributed by atoms with E-state index < -0.39 is 12.0 Å². The Balaban J connectivity index is 2.09. The van der Waals surface area contributed by atoms with Gasteiger partial charge in [0.2, 0.25) is 0 Å². The van der Waals surface area contributed by atoms with Crippen LogP contribution in [0.2, 0.25) is 0 Å². The number of aromatic nitrogens is 2. The summed E-state index contributed by atoms with van der Waals surface area (Å²) in [6.07, 6.45) is 5.34. The smallest absolute Gasteiger partial charge is 0.320 e. The number of carbonyl (C=O) groups is 1. The van der Waals surface area contributed by atoms with Crippen LogP contribution in [0, 0.1) is 6.92 Å². The number of hydrogen-bond donors (Lipinski definition) is 2. The van der Waals surface area contributed by atoms with Crippen LogP contribution in [0.1, 0.15) is 31.0 Å². The van der Waals surface area contributed by atoms with Crippen molar-refractivity contribution >= 4 is 11.6 Å². The van der Waals surface area contributed by atoms with E-state index in [0.717, 1.165) is 23.3 Å². The summed E-state index contributed by atoms with van der Waals surface area (Å²) < 4.78 is 1.96. The van der Waals surface area contributed by atoms with Gasteiger partial charge in [-0.15, -0.1) is 0 Å². The van der Waals surface area contributed by atoms with Gasteiger partial charge in [0.1, 0.15) is 11.7 Å². The summed E-state index contributed by atoms with van der Waals surface area (Å²) in [6, 6.07) is 3.48. The summed E-state index contributed by atoms with van der Waals surface area (Å²) in [5.41, 5.74) is 2.88. The third-order valence-corrected chi connectivity index (χ3v) is 3.13. The third kappa shape index (κ3) is 3.12. The lowest BCUT2D eigenvalue weighted by Gasteiger charge is -2.11. The minimum Gasteiger partial charge on any atom is -0.480 e. The van der Waals surface area contributed by atoms with Crippen LogP contribution < -0.4 is 5.32 Å². The van der Waals surface area contributed by atoms with E-state index in [9.17, 15) is 4.79 Å². The molecule has 0 bridgehead atoms. The molecule has 19 heavy (non-hydrogen) atoms.